The van der Waals surface area contributed by atoms with Gasteiger partial charge >= 0.3 is 0 Å². The van der Waals surface area contributed by atoms with Gasteiger partial charge in [0.15, 0.2) is 0 Å². The molecule has 0 fully saturated rings. The number of nitrogens with one attached hydrogen (secondary N) is 1. The Bertz CT molecular complexity index is 551. The van der Waals surface area contributed by atoms with Gasteiger partial charge in [0.05, 0.1) is 0 Å². The van der Waals surface area contributed by atoms with E-state index in [-0.39, 0.29) is 0 Å². The molecule has 1 unspecified atom stereocenters. The van der Waals surface area contributed by atoms with Crippen LogP contribution in [-0.2, 0) is 6.42 Å². The Morgan fingerprint density at radius 3 is 2.75 bits per heavy atom. The van der Waals surface area contributed by atoms with Gasteiger partial charge in [0.25, 0.3) is 0 Å². The van der Waals surface area contributed by atoms with Crippen LogP contribution >= 0.6 is 0 Å². The number of benzene rings is 1. The van der Waals surface area contributed by atoms with E-state index in [1.807, 2.05) is 12.1 Å². The van der Waals surface area contributed by atoms with Crippen LogP contribution < -0.4 is 11.1 Å². The highest BCUT2D eigenvalue weighted by Crippen LogP contribution is 2.22. The average Bonchev–Trinajstić information content (AvgIpc) is 2.44. The summed E-state index contributed by atoms with van der Waals surface area (Å²) in [5, 5.41) is 3.63. The highest BCUT2D eigenvalue weighted by Gasteiger charge is 2.13. The lowest BCUT2D eigenvalue weighted by Crippen LogP contribution is -2.24. The molecule has 0 aliphatic heterocycles. The van der Waals surface area contributed by atoms with Crippen molar-refractivity contribution < 1.29 is 0 Å². The molecule has 0 spiro atoms. The first-order valence-corrected chi connectivity index (χ1v) is 7.20. The Hall–Kier alpha value is -1.87. The standard InChI is InChI=1S/C17H23N3/c1-3-9-19-16(15-7-5-4-6-13(15)2)11-14-8-10-20-17(18)12-14/h4-8,10,12,16,19H,3,9,11H2,1-2H3,(H2,18,20). The van der Waals surface area contributed by atoms with Gasteiger partial charge in [-0.15, -0.1) is 0 Å². The third-order valence-electron chi connectivity index (χ3n) is 3.49. The first kappa shape index (κ1) is 14.5. The number of nitrogens with zero attached hydrogens (tertiary/aromatic N) is 1. The van der Waals surface area contributed by atoms with Gasteiger partial charge < -0.3 is 11.1 Å². The maximum Gasteiger partial charge on any atom is 0.123 e. The number of anilines is 1. The molecule has 1 aromatic carbocycles. The summed E-state index contributed by atoms with van der Waals surface area (Å²) in [4.78, 5) is 4.06. The van der Waals surface area contributed by atoms with E-state index in [1.165, 1.54) is 16.7 Å². The van der Waals surface area contributed by atoms with Gasteiger partial charge in [-0.25, -0.2) is 4.98 Å². The fraction of sp³-hybridized carbons (Fsp3) is 0.353. The van der Waals surface area contributed by atoms with Crippen molar-refractivity contribution >= 4 is 5.82 Å². The van der Waals surface area contributed by atoms with Crippen molar-refractivity contribution in [1.82, 2.24) is 10.3 Å². The highest BCUT2D eigenvalue weighted by molar-refractivity contribution is 5.35. The van der Waals surface area contributed by atoms with Crippen LogP contribution in [0.25, 0.3) is 0 Å². The van der Waals surface area contributed by atoms with E-state index in [4.69, 9.17) is 5.73 Å². The Balaban J connectivity index is 2.22. The van der Waals surface area contributed by atoms with Crippen LogP contribution in [-0.4, -0.2) is 11.5 Å². The van der Waals surface area contributed by atoms with Crippen molar-refractivity contribution in [1.29, 1.82) is 0 Å². The summed E-state index contributed by atoms with van der Waals surface area (Å²) in [6, 6.07) is 12.9. The summed E-state index contributed by atoms with van der Waals surface area (Å²) < 4.78 is 0. The minimum absolute atomic E-state index is 0.318. The predicted molar refractivity (Wildman–Crippen MR) is 84.6 cm³/mol. The molecular weight excluding hydrogens is 246 g/mol. The number of nitrogens with two attached hydrogens (primary N) is 1. The number of hydrogen-bond donors (Lipinski definition) is 2. The number of hydrogen-bond acceptors (Lipinski definition) is 3. The fourth-order valence-corrected chi connectivity index (χ4v) is 2.45. The molecular formula is C17H23N3. The van der Waals surface area contributed by atoms with Crippen LogP contribution in [0.3, 0.4) is 0 Å². The minimum atomic E-state index is 0.318. The van der Waals surface area contributed by atoms with E-state index < -0.39 is 0 Å². The molecule has 2 rings (SSSR count). The SMILES string of the molecule is CCCNC(Cc1ccnc(N)c1)c1ccccc1C. The zero-order valence-corrected chi connectivity index (χ0v) is 12.3. The summed E-state index contributed by atoms with van der Waals surface area (Å²) in [6.45, 7) is 5.36. The third-order valence-corrected chi connectivity index (χ3v) is 3.49. The zero-order valence-electron chi connectivity index (χ0n) is 12.3. The molecule has 106 valence electrons. The molecule has 0 radical (unpaired) electrons. The zero-order chi connectivity index (χ0) is 14.4. The Labute approximate surface area is 121 Å². The second-order valence-electron chi connectivity index (χ2n) is 5.16. The predicted octanol–water partition coefficient (Wildman–Crippen LogP) is 3.26. The molecule has 0 saturated carbocycles. The van der Waals surface area contributed by atoms with Gasteiger partial charge in [0.2, 0.25) is 0 Å². The molecule has 1 heterocycles. The van der Waals surface area contributed by atoms with E-state index in [1.54, 1.807) is 6.20 Å². The molecule has 20 heavy (non-hydrogen) atoms. The van der Waals surface area contributed by atoms with Crippen molar-refractivity contribution in [2.45, 2.75) is 32.7 Å². The Morgan fingerprint density at radius 2 is 2.05 bits per heavy atom. The van der Waals surface area contributed by atoms with E-state index >= 15 is 0 Å². The highest BCUT2D eigenvalue weighted by atomic mass is 14.9. The topological polar surface area (TPSA) is 50.9 Å². The molecule has 2 aromatic rings. The van der Waals surface area contributed by atoms with Crippen molar-refractivity contribution in [2.24, 2.45) is 0 Å². The summed E-state index contributed by atoms with van der Waals surface area (Å²) in [6.07, 6.45) is 3.83. The van der Waals surface area contributed by atoms with Gasteiger partial charge in [0.1, 0.15) is 5.82 Å². The molecule has 1 aromatic heterocycles. The molecule has 3 nitrogen and oxygen atoms in total. The molecule has 0 amide bonds. The smallest absolute Gasteiger partial charge is 0.123 e. The molecule has 3 N–H and O–H groups in total. The van der Waals surface area contributed by atoms with Crippen LogP contribution in [0.2, 0.25) is 0 Å². The summed E-state index contributed by atoms with van der Waals surface area (Å²) in [5.74, 6) is 0.585. The average molecular weight is 269 g/mol. The van der Waals surface area contributed by atoms with Gasteiger partial charge in [-0.2, -0.15) is 0 Å². The molecule has 0 saturated heterocycles. The summed E-state index contributed by atoms with van der Waals surface area (Å²) >= 11 is 0. The quantitative estimate of drug-likeness (QED) is 0.846. The molecule has 0 bridgehead atoms. The van der Waals surface area contributed by atoms with Crippen molar-refractivity contribution in [3.8, 4) is 0 Å². The van der Waals surface area contributed by atoms with Crippen LogP contribution in [0.15, 0.2) is 42.6 Å². The van der Waals surface area contributed by atoms with Gasteiger partial charge in [0, 0.05) is 12.2 Å². The molecule has 0 aliphatic rings. The van der Waals surface area contributed by atoms with E-state index in [0.717, 1.165) is 19.4 Å². The number of rotatable bonds is 6. The largest absolute Gasteiger partial charge is 0.384 e. The maximum atomic E-state index is 5.77. The lowest BCUT2D eigenvalue weighted by atomic mass is 9.95. The lowest BCUT2D eigenvalue weighted by Gasteiger charge is -2.21. The van der Waals surface area contributed by atoms with Crippen LogP contribution in [0, 0.1) is 6.92 Å². The van der Waals surface area contributed by atoms with E-state index in [2.05, 4.69) is 48.4 Å². The Kier molecular flexibility index (Phi) is 5.13. The third kappa shape index (κ3) is 3.81. The molecule has 1 atom stereocenters. The van der Waals surface area contributed by atoms with Gasteiger partial charge in [-0.1, -0.05) is 31.2 Å². The number of pyridine rings is 1. The summed E-state index contributed by atoms with van der Waals surface area (Å²) in [5.41, 5.74) is 9.67. The first-order valence-electron chi connectivity index (χ1n) is 7.20. The fourth-order valence-electron chi connectivity index (χ4n) is 2.45. The Morgan fingerprint density at radius 1 is 1.25 bits per heavy atom. The number of nitrogen functional groups attached to an aromatic ring is 1. The second-order valence-corrected chi connectivity index (χ2v) is 5.16. The van der Waals surface area contributed by atoms with Crippen molar-refractivity contribution in [3.05, 3.63) is 59.3 Å². The van der Waals surface area contributed by atoms with Crippen LogP contribution in [0.1, 0.15) is 36.1 Å². The first-order chi connectivity index (χ1) is 9.70. The van der Waals surface area contributed by atoms with E-state index in [9.17, 15) is 0 Å². The van der Waals surface area contributed by atoms with Crippen molar-refractivity contribution in [2.75, 3.05) is 12.3 Å². The van der Waals surface area contributed by atoms with Crippen LogP contribution in [0.4, 0.5) is 5.82 Å². The number of aromatic nitrogens is 1. The maximum absolute atomic E-state index is 5.77. The van der Waals surface area contributed by atoms with E-state index in [0.29, 0.717) is 11.9 Å². The molecule has 0 aliphatic carbocycles. The van der Waals surface area contributed by atoms with Crippen LogP contribution in [0.5, 0.6) is 0 Å². The lowest BCUT2D eigenvalue weighted by molar-refractivity contribution is 0.527. The monoisotopic (exact) mass is 269 g/mol. The summed E-state index contributed by atoms with van der Waals surface area (Å²) in [7, 11) is 0. The molecule has 3 heteroatoms. The normalized spacial score (nSPS) is 12.3. The second kappa shape index (κ2) is 7.06. The number of aryl methyl sites for hydroxylation is 1. The minimum Gasteiger partial charge on any atom is -0.384 e. The van der Waals surface area contributed by atoms with Gasteiger partial charge in [-0.3, -0.25) is 0 Å². The van der Waals surface area contributed by atoms with Gasteiger partial charge in [-0.05, 0) is 55.1 Å². The van der Waals surface area contributed by atoms with Crippen molar-refractivity contribution in [3.63, 3.8) is 0 Å².